The Morgan fingerprint density at radius 3 is 2.44 bits per heavy atom. The Kier molecular flexibility index (Phi) is 5.05. The molecule has 0 aromatic heterocycles. The van der Waals surface area contributed by atoms with Gasteiger partial charge in [0.15, 0.2) is 0 Å². The third-order valence-electron chi connectivity index (χ3n) is 2.75. The first-order valence-corrected chi connectivity index (χ1v) is 7.70. The summed E-state index contributed by atoms with van der Waals surface area (Å²) in [5, 5.41) is 0. The van der Waals surface area contributed by atoms with Crippen LogP contribution in [0, 0.1) is 6.92 Å². The minimum absolute atomic E-state index is 0.898. The average molecular weight is 352 g/mol. The number of aryl methyl sites for hydroxylation is 2. The zero-order valence-corrected chi connectivity index (χ0v) is 12.7. The van der Waals surface area contributed by atoms with Crippen molar-refractivity contribution in [3.63, 3.8) is 0 Å². The van der Waals surface area contributed by atoms with Gasteiger partial charge in [0.25, 0.3) is 0 Å². The molecule has 0 spiro atoms. The molecule has 0 aliphatic rings. The molecule has 0 bridgehead atoms. The summed E-state index contributed by atoms with van der Waals surface area (Å²) in [6, 6.07) is 16.5. The third-order valence-corrected chi connectivity index (χ3v) is 3.51. The van der Waals surface area contributed by atoms with E-state index in [1.165, 1.54) is 22.0 Å². The van der Waals surface area contributed by atoms with Crippen molar-refractivity contribution in [2.75, 3.05) is 4.43 Å². The van der Waals surface area contributed by atoms with Crippen LogP contribution in [0.15, 0.2) is 48.5 Å². The normalized spacial score (nSPS) is 10.3. The maximum atomic E-state index is 5.82. The first kappa shape index (κ1) is 13.4. The van der Waals surface area contributed by atoms with Gasteiger partial charge in [-0.2, -0.15) is 0 Å². The molecule has 0 atom stereocenters. The van der Waals surface area contributed by atoms with E-state index in [9.17, 15) is 0 Å². The molecule has 0 aliphatic heterocycles. The minimum Gasteiger partial charge on any atom is -0.457 e. The van der Waals surface area contributed by atoms with Gasteiger partial charge in [0.2, 0.25) is 0 Å². The predicted molar refractivity (Wildman–Crippen MR) is 84.9 cm³/mol. The van der Waals surface area contributed by atoms with Crippen molar-refractivity contribution >= 4 is 22.6 Å². The maximum Gasteiger partial charge on any atom is 0.127 e. The minimum atomic E-state index is 0.898. The molecule has 2 rings (SSSR count). The molecule has 0 aliphatic carbocycles. The molecular weight excluding hydrogens is 335 g/mol. The lowest BCUT2D eigenvalue weighted by Crippen LogP contribution is -1.88. The molecule has 0 fully saturated rings. The molecule has 18 heavy (non-hydrogen) atoms. The molecule has 0 heterocycles. The quantitative estimate of drug-likeness (QED) is 0.534. The van der Waals surface area contributed by atoms with E-state index < -0.39 is 0 Å². The van der Waals surface area contributed by atoms with Crippen LogP contribution < -0.4 is 4.74 Å². The number of benzene rings is 2. The summed E-state index contributed by atoms with van der Waals surface area (Å²) in [5.74, 6) is 1.80. The first-order chi connectivity index (χ1) is 8.78. The van der Waals surface area contributed by atoms with Gasteiger partial charge < -0.3 is 4.74 Å². The van der Waals surface area contributed by atoms with Crippen LogP contribution in [0.2, 0.25) is 0 Å². The zero-order chi connectivity index (χ0) is 12.8. The molecule has 0 saturated carbocycles. The highest BCUT2D eigenvalue weighted by atomic mass is 127. The van der Waals surface area contributed by atoms with Crippen molar-refractivity contribution in [3.8, 4) is 11.5 Å². The second kappa shape index (κ2) is 6.78. The zero-order valence-electron chi connectivity index (χ0n) is 10.5. The van der Waals surface area contributed by atoms with E-state index in [-0.39, 0.29) is 0 Å². The highest BCUT2D eigenvalue weighted by molar-refractivity contribution is 14.1. The van der Waals surface area contributed by atoms with Crippen molar-refractivity contribution in [1.82, 2.24) is 0 Å². The summed E-state index contributed by atoms with van der Waals surface area (Å²) in [6.45, 7) is 2.07. The van der Waals surface area contributed by atoms with E-state index in [4.69, 9.17) is 4.74 Å². The molecule has 0 amide bonds. The van der Waals surface area contributed by atoms with Gasteiger partial charge in [-0.3, -0.25) is 0 Å². The average Bonchev–Trinajstić information content (AvgIpc) is 2.38. The smallest absolute Gasteiger partial charge is 0.127 e. The van der Waals surface area contributed by atoms with Crippen LogP contribution in [-0.4, -0.2) is 4.43 Å². The standard InChI is InChI=1S/C16H17IO/c1-13-4-2-6-16(12-13)18-15-9-7-14(8-10-15)5-3-11-17/h2,4,6-10,12H,3,5,11H2,1H3. The molecule has 2 aromatic rings. The number of ether oxygens (including phenoxy) is 1. The fourth-order valence-corrected chi connectivity index (χ4v) is 2.19. The van der Waals surface area contributed by atoms with Gasteiger partial charge in [0, 0.05) is 0 Å². The molecular formula is C16H17IO. The maximum absolute atomic E-state index is 5.82. The Morgan fingerprint density at radius 2 is 1.78 bits per heavy atom. The van der Waals surface area contributed by atoms with E-state index in [0.717, 1.165) is 17.9 Å². The summed E-state index contributed by atoms with van der Waals surface area (Å²) in [6.07, 6.45) is 2.38. The number of halogens is 1. The number of hydrogen-bond acceptors (Lipinski definition) is 1. The second-order valence-electron chi connectivity index (χ2n) is 4.36. The highest BCUT2D eigenvalue weighted by Crippen LogP contribution is 2.22. The van der Waals surface area contributed by atoms with Crippen molar-refractivity contribution in [2.45, 2.75) is 19.8 Å². The molecule has 94 valence electrons. The van der Waals surface area contributed by atoms with Crippen LogP contribution in [0.25, 0.3) is 0 Å². The molecule has 2 aromatic carbocycles. The van der Waals surface area contributed by atoms with E-state index in [1.54, 1.807) is 0 Å². The van der Waals surface area contributed by atoms with Crippen LogP contribution >= 0.6 is 22.6 Å². The SMILES string of the molecule is Cc1cccc(Oc2ccc(CCCI)cc2)c1. The lowest BCUT2D eigenvalue weighted by atomic mass is 10.1. The highest BCUT2D eigenvalue weighted by Gasteiger charge is 1.98. The molecule has 1 nitrogen and oxygen atoms in total. The van der Waals surface area contributed by atoms with Gasteiger partial charge >= 0.3 is 0 Å². The Morgan fingerprint density at radius 1 is 1.00 bits per heavy atom. The third kappa shape index (κ3) is 4.02. The number of alkyl halides is 1. The van der Waals surface area contributed by atoms with E-state index in [1.807, 2.05) is 30.3 Å². The van der Waals surface area contributed by atoms with Crippen LogP contribution in [-0.2, 0) is 6.42 Å². The summed E-state index contributed by atoms with van der Waals surface area (Å²) in [5.41, 5.74) is 2.59. The topological polar surface area (TPSA) is 9.23 Å². The number of hydrogen-bond donors (Lipinski definition) is 0. The Balaban J connectivity index is 2.02. The van der Waals surface area contributed by atoms with Gasteiger partial charge in [-0.15, -0.1) is 0 Å². The molecule has 0 radical (unpaired) electrons. The summed E-state index contributed by atoms with van der Waals surface area (Å²) >= 11 is 2.41. The van der Waals surface area contributed by atoms with Crippen LogP contribution in [0.4, 0.5) is 0 Å². The number of rotatable bonds is 5. The van der Waals surface area contributed by atoms with Crippen LogP contribution in [0.5, 0.6) is 11.5 Å². The van der Waals surface area contributed by atoms with Crippen LogP contribution in [0.1, 0.15) is 17.5 Å². The molecule has 0 saturated heterocycles. The van der Waals surface area contributed by atoms with Crippen LogP contribution in [0.3, 0.4) is 0 Å². The van der Waals surface area contributed by atoms with Gasteiger partial charge in [0.05, 0.1) is 0 Å². The predicted octanol–water partition coefficient (Wildman–Crippen LogP) is 5.15. The lowest BCUT2D eigenvalue weighted by Gasteiger charge is -2.07. The van der Waals surface area contributed by atoms with E-state index in [0.29, 0.717) is 0 Å². The van der Waals surface area contributed by atoms with Crippen molar-refractivity contribution in [3.05, 3.63) is 59.7 Å². The summed E-state index contributed by atoms with van der Waals surface area (Å²) in [4.78, 5) is 0. The largest absolute Gasteiger partial charge is 0.457 e. The molecule has 0 unspecified atom stereocenters. The van der Waals surface area contributed by atoms with Crippen molar-refractivity contribution in [2.24, 2.45) is 0 Å². The van der Waals surface area contributed by atoms with Gasteiger partial charge in [0.1, 0.15) is 11.5 Å². The summed E-state index contributed by atoms with van der Waals surface area (Å²) < 4.78 is 7.02. The molecule has 0 N–H and O–H groups in total. The monoisotopic (exact) mass is 352 g/mol. The van der Waals surface area contributed by atoms with Crippen molar-refractivity contribution < 1.29 is 4.74 Å². The lowest BCUT2D eigenvalue weighted by molar-refractivity contribution is 0.482. The van der Waals surface area contributed by atoms with E-state index in [2.05, 4.69) is 47.7 Å². The Hall–Kier alpha value is -1.03. The Bertz CT molecular complexity index is 491. The van der Waals surface area contributed by atoms with Gasteiger partial charge in [-0.1, -0.05) is 46.9 Å². The fraction of sp³-hybridized carbons (Fsp3) is 0.250. The van der Waals surface area contributed by atoms with Gasteiger partial charge in [-0.05, 0) is 59.6 Å². The Labute approximate surface area is 122 Å². The van der Waals surface area contributed by atoms with Crippen molar-refractivity contribution in [1.29, 1.82) is 0 Å². The van der Waals surface area contributed by atoms with E-state index >= 15 is 0 Å². The molecule has 2 heteroatoms. The van der Waals surface area contributed by atoms with Gasteiger partial charge in [-0.25, -0.2) is 0 Å². The fourth-order valence-electron chi connectivity index (χ4n) is 1.81. The first-order valence-electron chi connectivity index (χ1n) is 6.17. The second-order valence-corrected chi connectivity index (χ2v) is 5.43. The summed E-state index contributed by atoms with van der Waals surface area (Å²) in [7, 11) is 0.